The predicted octanol–water partition coefficient (Wildman–Crippen LogP) is 3.86. The SMILES string of the molecule is CCC(C(=O)NCC(C)C)N(CCc1ccccc1)C(=O)CCCN(c1ccccc1OC)S(C)(=O)=O. The van der Waals surface area contributed by atoms with E-state index in [2.05, 4.69) is 5.32 Å². The molecule has 0 fully saturated rings. The minimum Gasteiger partial charge on any atom is -0.495 e. The molecule has 0 aliphatic carbocycles. The summed E-state index contributed by atoms with van der Waals surface area (Å²) in [6.07, 6.45) is 2.66. The molecular weight excluding hydrogens is 490 g/mol. The van der Waals surface area contributed by atoms with Crippen LogP contribution in [-0.4, -0.2) is 64.2 Å². The number of amides is 2. The first kappa shape index (κ1) is 30.2. The highest BCUT2D eigenvalue weighted by atomic mass is 32.2. The summed E-state index contributed by atoms with van der Waals surface area (Å²) >= 11 is 0. The van der Waals surface area contributed by atoms with Gasteiger partial charge in [0.25, 0.3) is 0 Å². The minimum atomic E-state index is -3.60. The van der Waals surface area contributed by atoms with Crippen LogP contribution in [-0.2, 0) is 26.0 Å². The molecule has 0 aliphatic heterocycles. The number of rotatable bonds is 15. The molecule has 0 aromatic heterocycles. The zero-order valence-electron chi connectivity index (χ0n) is 22.6. The summed E-state index contributed by atoms with van der Waals surface area (Å²) in [5, 5.41) is 2.96. The van der Waals surface area contributed by atoms with Crippen LogP contribution in [0.3, 0.4) is 0 Å². The van der Waals surface area contributed by atoms with Gasteiger partial charge in [0.2, 0.25) is 21.8 Å². The summed E-state index contributed by atoms with van der Waals surface area (Å²) in [7, 11) is -2.11. The van der Waals surface area contributed by atoms with E-state index in [9.17, 15) is 18.0 Å². The fraction of sp³-hybridized carbons (Fsp3) is 0.500. The number of methoxy groups -OCH3 is 1. The molecule has 0 bridgehead atoms. The Labute approximate surface area is 222 Å². The Hall–Kier alpha value is -3.07. The maximum Gasteiger partial charge on any atom is 0.242 e. The lowest BCUT2D eigenvalue weighted by atomic mass is 10.1. The summed E-state index contributed by atoms with van der Waals surface area (Å²) in [5.74, 6) is 0.406. The van der Waals surface area contributed by atoms with Crippen LogP contribution in [0.2, 0.25) is 0 Å². The highest BCUT2D eigenvalue weighted by Crippen LogP contribution is 2.29. The average Bonchev–Trinajstić information content (AvgIpc) is 2.87. The van der Waals surface area contributed by atoms with Crippen molar-refractivity contribution < 1.29 is 22.7 Å². The van der Waals surface area contributed by atoms with E-state index in [1.807, 2.05) is 51.1 Å². The first-order valence-electron chi connectivity index (χ1n) is 12.8. The number of hydrogen-bond donors (Lipinski definition) is 1. The topological polar surface area (TPSA) is 96.0 Å². The minimum absolute atomic E-state index is 0.115. The fourth-order valence-corrected chi connectivity index (χ4v) is 5.11. The van der Waals surface area contributed by atoms with Crippen molar-refractivity contribution in [2.75, 3.05) is 37.3 Å². The molecule has 2 aromatic rings. The summed E-state index contributed by atoms with van der Waals surface area (Å²) in [6, 6.07) is 16.1. The molecule has 1 atom stereocenters. The molecule has 8 nitrogen and oxygen atoms in total. The zero-order chi connectivity index (χ0) is 27.4. The van der Waals surface area contributed by atoms with E-state index in [0.717, 1.165) is 11.8 Å². The van der Waals surface area contributed by atoms with Crippen LogP contribution in [0.5, 0.6) is 5.75 Å². The molecule has 0 heterocycles. The summed E-state index contributed by atoms with van der Waals surface area (Å²) < 4.78 is 31.7. The molecule has 0 spiro atoms. The smallest absolute Gasteiger partial charge is 0.242 e. The first-order valence-corrected chi connectivity index (χ1v) is 14.6. The van der Waals surface area contributed by atoms with Crippen LogP contribution >= 0.6 is 0 Å². The molecule has 0 saturated heterocycles. The summed E-state index contributed by atoms with van der Waals surface area (Å²) in [6.45, 7) is 7.00. The molecule has 0 radical (unpaired) electrons. The van der Waals surface area contributed by atoms with Crippen LogP contribution < -0.4 is 14.4 Å². The van der Waals surface area contributed by atoms with Gasteiger partial charge in [0.15, 0.2) is 0 Å². The molecular formula is C28H41N3O5S. The van der Waals surface area contributed by atoms with E-state index in [-0.39, 0.29) is 24.8 Å². The van der Waals surface area contributed by atoms with Crippen molar-refractivity contribution in [2.45, 2.75) is 52.5 Å². The first-order chi connectivity index (χ1) is 17.6. The Morgan fingerprint density at radius 2 is 1.65 bits per heavy atom. The molecule has 2 amide bonds. The van der Waals surface area contributed by atoms with E-state index in [1.165, 1.54) is 11.4 Å². The second-order valence-electron chi connectivity index (χ2n) is 9.50. The number of nitrogens with zero attached hydrogens (tertiary/aromatic N) is 2. The summed E-state index contributed by atoms with van der Waals surface area (Å²) in [4.78, 5) is 28.1. The van der Waals surface area contributed by atoms with Crippen LogP contribution in [0, 0.1) is 5.92 Å². The van der Waals surface area contributed by atoms with Crippen molar-refractivity contribution in [1.82, 2.24) is 10.2 Å². The van der Waals surface area contributed by atoms with Gasteiger partial charge in [0.05, 0.1) is 19.1 Å². The molecule has 0 saturated carbocycles. The molecule has 1 unspecified atom stereocenters. The number of carbonyl (C=O) groups excluding carboxylic acids is 2. The molecule has 9 heteroatoms. The lowest BCUT2D eigenvalue weighted by Gasteiger charge is -2.31. The van der Waals surface area contributed by atoms with E-state index < -0.39 is 16.1 Å². The molecule has 204 valence electrons. The second-order valence-corrected chi connectivity index (χ2v) is 11.4. The van der Waals surface area contributed by atoms with Crippen molar-refractivity contribution in [3.63, 3.8) is 0 Å². The molecule has 2 aromatic carbocycles. The van der Waals surface area contributed by atoms with E-state index in [4.69, 9.17) is 4.74 Å². The Morgan fingerprint density at radius 1 is 1.00 bits per heavy atom. The summed E-state index contributed by atoms with van der Waals surface area (Å²) in [5.41, 5.74) is 1.51. The van der Waals surface area contributed by atoms with Crippen molar-refractivity contribution >= 4 is 27.5 Å². The normalized spacial score (nSPS) is 12.2. The molecule has 1 N–H and O–H groups in total. The Bertz CT molecular complexity index is 1110. The Morgan fingerprint density at radius 3 is 2.24 bits per heavy atom. The van der Waals surface area contributed by atoms with E-state index in [0.29, 0.717) is 49.7 Å². The van der Waals surface area contributed by atoms with Crippen molar-refractivity contribution in [3.8, 4) is 5.75 Å². The lowest BCUT2D eigenvalue weighted by molar-refractivity contribution is -0.140. The highest BCUT2D eigenvalue weighted by Gasteiger charge is 2.28. The number of sulfonamides is 1. The van der Waals surface area contributed by atoms with Gasteiger partial charge < -0.3 is 15.0 Å². The number of benzene rings is 2. The fourth-order valence-electron chi connectivity index (χ4n) is 4.14. The highest BCUT2D eigenvalue weighted by molar-refractivity contribution is 7.92. The van der Waals surface area contributed by atoms with Gasteiger partial charge in [-0.15, -0.1) is 0 Å². The van der Waals surface area contributed by atoms with Gasteiger partial charge in [-0.1, -0.05) is 63.2 Å². The largest absolute Gasteiger partial charge is 0.495 e. The van der Waals surface area contributed by atoms with E-state index >= 15 is 0 Å². The number of nitrogens with one attached hydrogen (secondary N) is 1. The predicted molar refractivity (Wildman–Crippen MR) is 148 cm³/mol. The number of carbonyl (C=O) groups is 2. The quantitative estimate of drug-likeness (QED) is 0.377. The lowest BCUT2D eigenvalue weighted by Crippen LogP contribution is -2.50. The van der Waals surface area contributed by atoms with Crippen molar-refractivity contribution in [1.29, 1.82) is 0 Å². The van der Waals surface area contributed by atoms with Crippen LogP contribution in [0.4, 0.5) is 5.69 Å². The zero-order valence-corrected chi connectivity index (χ0v) is 23.5. The monoisotopic (exact) mass is 531 g/mol. The van der Waals surface area contributed by atoms with Gasteiger partial charge in [-0.3, -0.25) is 13.9 Å². The van der Waals surface area contributed by atoms with Gasteiger partial charge in [0, 0.05) is 26.1 Å². The van der Waals surface area contributed by atoms with E-state index in [1.54, 1.807) is 29.2 Å². The van der Waals surface area contributed by atoms with Gasteiger partial charge in [-0.05, 0) is 42.9 Å². The Kier molecular flexibility index (Phi) is 11.9. The molecule has 37 heavy (non-hydrogen) atoms. The third kappa shape index (κ3) is 9.39. The van der Waals surface area contributed by atoms with Gasteiger partial charge in [0.1, 0.15) is 11.8 Å². The maximum atomic E-state index is 13.5. The third-order valence-electron chi connectivity index (χ3n) is 6.06. The van der Waals surface area contributed by atoms with Crippen LogP contribution in [0.1, 0.15) is 45.6 Å². The van der Waals surface area contributed by atoms with Crippen molar-refractivity contribution in [3.05, 3.63) is 60.2 Å². The second kappa shape index (κ2) is 14.6. The maximum absolute atomic E-state index is 13.5. The Balaban J connectivity index is 2.18. The molecule has 2 rings (SSSR count). The number of hydrogen-bond acceptors (Lipinski definition) is 5. The van der Waals surface area contributed by atoms with Gasteiger partial charge >= 0.3 is 0 Å². The van der Waals surface area contributed by atoms with Crippen molar-refractivity contribution in [2.24, 2.45) is 5.92 Å². The number of anilines is 1. The third-order valence-corrected chi connectivity index (χ3v) is 7.24. The molecule has 0 aliphatic rings. The average molecular weight is 532 g/mol. The standard InChI is InChI=1S/C28H41N3O5S/c1-6-24(28(33)29-21-22(2)3)30(20-18-23-13-8-7-9-14-23)27(32)17-12-19-31(37(5,34)35)25-15-10-11-16-26(25)36-4/h7-11,13-16,22,24H,6,12,17-21H2,1-5H3,(H,29,33). The number of ether oxygens (including phenoxy) is 1. The van der Waals surface area contributed by atoms with Crippen LogP contribution in [0.15, 0.2) is 54.6 Å². The van der Waals surface area contributed by atoms with Gasteiger partial charge in [-0.2, -0.15) is 0 Å². The van der Waals surface area contributed by atoms with Crippen LogP contribution in [0.25, 0.3) is 0 Å². The number of para-hydroxylation sites is 2. The van der Waals surface area contributed by atoms with Gasteiger partial charge in [-0.25, -0.2) is 8.42 Å².